The van der Waals surface area contributed by atoms with Gasteiger partial charge in [-0.15, -0.1) is 0 Å². The second-order valence-corrected chi connectivity index (χ2v) is 10.3. The molecule has 0 atom stereocenters. The summed E-state index contributed by atoms with van der Waals surface area (Å²) in [6.45, 7) is 5.72. The van der Waals surface area contributed by atoms with Crippen LogP contribution in [-0.4, -0.2) is 82.9 Å². The zero-order chi connectivity index (χ0) is 29.6. The van der Waals surface area contributed by atoms with Crippen molar-refractivity contribution in [2.24, 2.45) is 7.05 Å². The normalized spacial score (nSPS) is 13.3. The summed E-state index contributed by atoms with van der Waals surface area (Å²) in [5.74, 6) is 3.24. The van der Waals surface area contributed by atoms with Gasteiger partial charge in [-0.1, -0.05) is 13.0 Å². The summed E-state index contributed by atoms with van der Waals surface area (Å²) in [6.07, 6.45) is 7.91. The van der Waals surface area contributed by atoms with Crippen LogP contribution in [0.4, 0.5) is 23.0 Å². The molecule has 220 valence electrons. The van der Waals surface area contributed by atoms with Crippen molar-refractivity contribution in [2.45, 2.75) is 26.2 Å². The average Bonchev–Trinajstić information content (AvgIpc) is 3.71. The SMILES string of the molecule is CCC(=O)c1cnc(N(C)c2ccc(OCCN3CCCC3)cn2)cc1N(C)c1cccc(-c2ncn(C)n2)c1OC. The van der Waals surface area contributed by atoms with Crippen LogP contribution in [0.1, 0.15) is 36.5 Å². The third-order valence-corrected chi connectivity index (χ3v) is 7.53. The molecule has 3 aromatic heterocycles. The minimum Gasteiger partial charge on any atom is -0.494 e. The topological polar surface area (TPSA) is 102 Å². The first-order chi connectivity index (χ1) is 20.4. The molecule has 11 nitrogen and oxygen atoms in total. The third-order valence-electron chi connectivity index (χ3n) is 7.53. The Kier molecular flexibility index (Phi) is 8.97. The first kappa shape index (κ1) is 29.0. The third kappa shape index (κ3) is 6.20. The fraction of sp³-hybridized carbons (Fsp3) is 0.387. The maximum absolute atomic E-state index is 13.0. The van der Waals surface area contributed by atoms with Crippen LogP contribution in [0.25, 0.3) is 11.4 Å². The lowest BCUT2D eigenvalue weighted by Crippen LogP contribution is -2.25. The summed E-state index contributed by atoms with van der Waals surface area (Å²) in [7, 11) is 7.25. The Morgan fingerprint density at radius 2 is 1.76 bits per heavy atom. The molecule has 1 saturated heterocycles. The van der Waals surface area contributed by atoms with Gasteiger partial charge in [-0.2, -0.15) is 5.10 Å². The highest BCUT2D eigenvalue weighted by Crippen LogP contribution is 2.41. The molecule has 42 heavy (non-hydrogen) atoms. The summed E-state index contributed by atoms with van der Waals surface area (Å²) >= 11 is 0. The van der Waals surface area contributed by atoms with E-state index in [0.717, 1.165) is 36.6 Å². The minimum absolute atomic E-state index is 0.00590. The number of hydrogen-bond acceptors (Lipinski definition) is 10. The van der Waals surface area contributed by atoms with Gasteiger partial charge in [-0.05, 0) is 50.2 Å². The molecule has 4 aromatic rings. The van der Waals surface area contributed by atoms with E-state index in [1.54, 1.807) is 30.5 Å². The lowest BCUT2D eigenvalue weighted by Gasteiger charge is -2.26. The molecule has 0 aliphatic carbocycles. The number of hydrogen-bond donors (Lipinski definition) is 0. The molecule has 1 aliphatic heterocycles. The summed E-state index contributed by atoms with van der Waals surface area (Å²) in [5, 5.41) is 4.45. The summed E-state index contributed by atoms with van der Waals surface area (Å²) in [6, 6.07) is 11.5. The first-order valence-electron chi connectivity index (χ1n) is 14.2. The van der Waals surface area contributed by atoms with E-state index in [-0.39, 0.29) is 5.78 Å². The van der Waals surface area contributed by atoms with Crippen LogP contribution in [0.15, 0.2) is 55.1 Å². The Morgan fingerprint density at radius 1 is 0.976 bits per heavy atom. The minimum atomic E-state index is -0.00590. The lowest BCUT2D eigenvalue weighted by molar-refractivity contribution is 0.0988. The van der Waals surface area contributed by atoms with Crippen LogP contribution in [0.3, 0.4) is 0 Å². The highest BCUT2D eigenvalue weighted by Gasteiger charge is 2.23. The Bertz CT molecular complexity index is 1520. The van der Waals surface area contributed by atoms with Crippen molar-refractivity contribution in [1.29, 1.82) is 0 Å². The van der Waals surface area contributed by atoms with Crippen LogP contribution < -0.4 is 19.3 Å². The number of para-hydroxylation sites is 1. The molecule has 1 aromatic carbocycles. The van der Waals surface area contributed by atoms with Crippen LogP contribution in [0, 0.1) is 0 Å². The molecule has 1 aliphatic rings. The molecule has 11 heteroatoms. The number of pyridine rings is 2. The molecule has 5 rings (SSSR count). The number of ketones is 1. The lowest BCUT2D eigenvalue weighted by atomic mass is 10.1. The molecule has 4 heterocycles. The number of nitrogens with zero attached hydrogens (tertiary/aromatic N) is 8. The number of carbonyl (C=O) groups is 1. The number of methoxy groups -OCH3 is 1. The van der Waals surface area contributed by atoms with Crippen molar-refractivity contribution in [2.75, 3.05) is 57.2 Å². The van der Waals surface area contributed by atoms with Gasteiger partial charge in [0.2, 0.25) is 0 Å². The van der Waals surface area contributed by atoms with E-state index in [1.165, 1.54) is 12.8 Å². The number of ether oxygens (including phenoxy) is 2. The van der Waals surface area contributed by atoms with Crippen molar-refractivity contribution >= 4 is 28.8 Å². The Hall–Kier alpha value is -4.51. The number of carbonyl (C=O) groups excluding carboxylic acids is 1. The zero-order valence-electron chi connectivity index (χ0n) is 24.9. The molecule has 0 amide bonds. The monoisotopic (exact) mass is 570 g/mol. The second kappa shape index (κ2) is 13.0. The van der Waals surface area contributed by atoms with Crippen molar-refractivity contribution < 1.29 is 14.3 Å². The van der Waals surface area contributed by atoms with E-state index >= 15 is 0 Å². The first-order valence-corrected chi connectivity index (χ1v) is 14.2. The van der Waals surface area contributed by atoms with Crippen LogP contribution >= 0.6 is 0 Å². The van der Waals surface area contributed by atoms with E-state index in [9.17, 15) is 4.79 Å². The van der Waals surface area contributed by atoms with Gasteiger partial charge in [0.15, 0.2) is 17.4 Å². The Morgan fingerprint density at radius 3 is 2.43 bits per heavy atom. The van der Waals surface area contributed by atoms with Gasteiger partial charge in [0, 0.05) is 46.4 Å². The zero-order valence-corrected chi connectivity index (χ0v) is 24.9. The number of anilines is 4. The smallest absolute Gasteiger partial charge is 0.184 e. The standard InChI is InChI=1S/C31H38N8O3/c1-6-27(40)24-20-33-29(38(4)28-13-12-22(19-32-28)42-17-16-39-14-7-8-15-39)18-26(24)37(3)25-11-9-10-23(30(25)41-5)31-34-21-36(2)35-31/h9-13,18-21H,6-8,14-17H2,1-5H3. The van der Waals surface area contributed by atoms with Gasteiger partial charge in [0.05, 0.1) is 35.8 Å². The summed E-state index contributed by atoms with van der Waals surface area (Å²) in [4.78, 5) is 32.9. The predicted octanol–water partition coefficient (Wildman–Crippen LogP) is 4.88. The molecule has 0 bridgehead atoms. The van der Waals surface area contributed by atoms with Crippen LogP contribution in [0.5, 0.6) is 11.5 Å². The van der Waals surface area contributed by atoms with Gasteiger partial charge in [0.25, 0.3) is 0 Å². The fourth-order valence-corrected chi connectivity index (χ4v) is 5.14. The molecule has 0 radical (unpaired) electrons. The van der Waals surface area contributed by atoms with E-state index in [4.69, 9.17) is 9.47 Å². The Labute approximate surface area is 246 Å². The van der Waals surface area contributed by atoms with E-state index in [0.29, 0.717) is 47.5 Å². The second-order valence-electron chi connectivity index (χ2n) is 10.3. The van der Waals surface area contributed by atoms with Crippen LogP contribution in [0.2, 0.25) is 0 Å². The number of likely N-dealkylation sites (tertiary alicyclic amines) is 1. The fourth-order valence-electron chi connectivity index (χ4n) is 5.14. The highest BCUT2D eigenvalue weighted by atomic mass is 16.5. The quantitative estimate of drug-likeness (QED) is 0.219. The summed E-state index contributed by atoms with van der Waals surface area (Å²) in [5.41, 5.74) is 2.74. The van der Waals surface area contributed by atoms with Gasteiger partial charge in [-0.25, -0.2) is 15.0 Å². The molecule has 0 unspecified atom stereocenters. The molecule has 0 spiro atoms. The average molecular weight is 571 g/mol. The Balaban J connectivity index is 1.41. The van der Waals surface area contributed by atoms with Crippen LogP contribution in [-0.2, 0) is 7.05 Å². The molecule has 1 fully saturated rings. The highest BCUT2D eigenvalue weighted by molar-refractivity contribution is 6.02. The molecule has 0 saturated carbocycles. The number of rotatable bonds is 12. The number of aromatic nitrogens is 5. The van der Waals surface area contributed by atoms with Gasteiger partial charge < -0.3 is 19.3 Å². The van der Waals surface area contributed by atoms with Gasteiger partial charge in [0.1, 0.15) is 30.3 Å². The maximum Gasteiger partial charge on any atom is 0.184 e. The molecular weight excluding hydrogens is 532 g/mol. The maximum atomic E-state index is 13.0. The van der Waals surface area contributed by atoms with E-state index in [2.05, 4.69) is 25.0 Å². The van der Waals surface area contributed by atoms with E-state index in [1.807, 2.05) is 74.3 Å². The van der Waals surface area contributed by atoms with Gasteiger partial charge in [-0.3, -0.25) is 14.4 Å². The number of aryl methyl sites for hydroxylation is 1. The molecule has 0 N–H and O–H groups in total. The summed E-state index contributed by atoms with van der Waals surface area (Å²) < 4.78 is 13.4. The number of benzene rings is 1. The van der Waals surface area contributed by atoms with E-state index < -0.39 is 0 Å². The van der Waals surface area contributed by atoms with Crippen molar-refractivity contribution in [1.82, 2.24) is 29.6 Å². The van der Waals surface area contributed by atoms with Crippen molar-refractivity contribution in [3.63, 3.8) is 0 Å². The number of Topliss-reactive ketones (excluding diaryl/α,β-unsaturated/α-hetero) is 1. The largest absolute Gasteiger partial charge is 0.494 e. The molecular formula is C31H38N8O3. The van der Waals surface area contributed by atoms with Crippen molar-refractivity contribution in [3.05, 3.63) is 60.7 Å². The van der Waals surface area contributed by atoms with Gasteiger partial charge >= 0.3 is 0 Å². The van der Waals surface area contributed by atoms with Crippen molar-refractivity contribution in [3.8, 4) is 22.9 Å². The predicted molar refractivity (Wildman–Crippen MR) is 163 cm³/mol.